The third kappa shape index (κ3) is 3.39. The summed E-state index contributed by atoms with van der Waals surface area (Å²) in [5, 5.41) is 11.5. The highest BCUT2D eigenvalue weighted by molar-refractivity contribution is 6.30. The second-order valence-corrected chi connectivity index (χ2v) is 5.09. The number of nitrogens with zero attached hydrogens (tertiary/aromatic N) is 1. The van der Waals surface area contributed by atoms with Crippen molar-refractivity contribution in [3.8, 4) is 0 Å². The van der Waals surface area contributed by atoms with Crippen LogP contribution in [0.2, 0.25) is 5.02 Å². The van der Waals surface area contributed by atoms with Gasteiger partial charge in [0.1, 0.15) is 5.82 Å². The van der Waals surface area contributed by atoms with Crippen molar-refractivity contribution in [3.05, 3.63) is 29.0 Å². The number of urea groups is 1. The van der Waals surface area contributed by atoms with E-state index < -0.39 is 23.7 Å². The van der Waals surface area contributed by atoms with Gasteiger partial charge in [-0.05, 0) is 31.0 Å². The number of aliphatic carboxylic acids is 1. The van der Waals surface area contributed by atoms with E-state index in [1.165, 1.54) is 17.0 Å². The summed E-state index contributed by atoms with van der Waals surface area (Å²) in [5.74, 6) is -2.07. The predicted molar refractivity (Wildman–Crippen MR) is 72.4 cm³/mol. The minimum Gasteiger partial charge on any atom is -0.481 e. The highest BCUT2D eigenvalue weighted by Gasteiger charge is 2.28. The second kappa shape index (κ2) is 6.09. The largest absolute Gasteiger partial charge is 0.481 e. The van der Waals surface area contributed by atoms with Crippen molar-refractivity contribution < 1.29 is 19.1 Å². The Bertz CT molecular complexity index is 538. The summed E-state index contributed by atoms with van der Waals surface area (Å²) >= 11 is 5.56. The molecule has 0 radical (unpaired) electrons. The molecule has 20 heavy (non-hydrogen) atoms. The lowest BCUT2D eigenvalue weighted by atomic mass is 9.99. The summed E-state index contributed by atoms with van der Waals surface area (Å²) in [4.78, 5) is 24.4. The zero-order chi connectivity index (χ0) is 14.7. The molecule has 1 saturated heterocycles. The summed E-state index contributed by atoms with van der Waals surface area (Å²) in [6.07, 6.45) is 1.20. The summed E-state index contributed by atoms with van der Waals surface area (Å²) in [6, 6.07) is 3.53. The van der Waals surface area contributed by atoms with Crippen LogP contribution >= 0.6 is 11.6 Å². The van der Waals surface area contributed by atoms with Gasteiger partial charge in [-0.25, -0.2) is 9.18 Å². The first-order valence-electron chi connectivity index (χ1n) is 6.21. The number of hydrogen-bond donors (Lipinski definition) is 2. The molecule has 1 heterocycles. The molecule has 5 nitrogen and oxygen atoms in total. The van der Waals surface area contributed by atoms with Gasteiger partial charge in [0.15, 0.2) is 0 Å². The topological polar surface area (TPSA) is 69.6 Å². The molecule has 1 atom stereocenters. The van der Waals surface area contributed by atoms with E-state index in [1.807, 2.05) is 0 Å². The minimum absolute atomic E-state index is 0.0214. The summed E-state index contributed by atoms with van der Waals surface area (Å²) < 4.78 is 13.3. The lowest BCUT2D eigenvalue weighted by molar-refractivity contribution is -0.143. The predicted octanol–water partition coefficient (Wildman–Crippen LogP) is 2.81. The molecule has 0 spiro atoms. The molecule has 0 bridgehead atoms. The van der Waals surface area contributed by atoms with Crippen LogP contribution in [0.1, 0.15) is 12.8 Å². The molecule has 1 fully saturated rings. The van der Waals surface area contributed by atoms with Crippen molar-refractivity contribution in [2.75, 3.05) is 18.4 Å². The van der Waals surface area contributed by atoms with Crippen LogP contribution in [-0.4, -0.2) is 35.1 Å². The monoisotopic (exact) mass is 300 g/mol. The van der Waals surface area contributed by atoms with Gasteiger partial charge in [0.05, 0.1) is 10.9 Å². The Hall–Kier alpha value is -1.82. The number of carbonyl (C=O) groups excluding carboxylic acids is 1. The third-order valence-electron chi connectivity index (χ3n) is 3.23. The molecule has 1 aromatic carbocycles. The second-order valence-electron chi connectivity index (χ2n) is 4.68. The van der Waals surface area contributed by atoms with E-state index in [1.54, 1.807) is 0 Å². The average Bonchev–Trinajstić information content (AvgIpc) is 2.43. The highest BCUT2D eigenvalue weighted by atomic mass is 35.5. The van der Waals surface area contributed by atoms with Crippen LogP contribution in [-0.2, 0) is 4.79 Å². The number of carboxylic acid groups (broad SMARTS) is 1. The number of benzene rings is 1. The molecule has 2 N–H and O–H groups in total. The van der Waals surface area contributed by atoms with Crippen molar-refractivity contribution in [1.29, 1.82) is 0 Å². The van der Waals surface area contributed by atoms with Crippen molar-refractivity contribution in [3.63, 3.8) is 0 Å². The summed E-state index contributed by atoms with van der Waals surface area (Å²) in [5.41, 5.74) is 0.286. The molecule has 0 unspecified atom stereocenters. The first-order valence-corrected chi connectivity index (χ1v) is 6.59. The zero-order valence-electron chi connectivity index (χ0n) is 10.6. The smallest absolute Gasteiger partial charge is 0.321 e. The molecule has 0 saturated carbocycles. The average molecular weight is 301 g/mol. The van der Waals surface area contributed by atoms with Crippen LogP contribution in [0.15, 0.2) is 18.2 Å². The first-order chi connectivity index (χ1) is 9.47. The van der Waals surface area contributed by atoms with Crippen molar-refractivity contribution >= 4 is 29.3 Å². The molecule has 2 rings (SSSR count). The molecule has 0 aliphatic carbocycles. The number of piperidine rings is 1. The number of halogens is 2. The quantitative estimate of drug-likeness (QED) is 0.882. The third-order valence-corrected chi connectivity index (χ3v) is 3.54. The van der Waals surface area contributed by atoms with E-state index in [4.69, 9.17) is 16.7 Å². The van der Waals surface area contributed by atoms with Crippen molar-refractivity contribution in [2.24, 2.45) is 5.92 Å². The maximum absolute atomic E-state index is 13.3. The number of rotatable bonds is 2. The van der Waals surface area contributed by atoms with Gasteiger partial charge in [-0.2, -0.15) is 0 Å². The zero-order valence-corrected chi connectivity index (χ0v) is 11.4. The summed E-state index contributed by atoms with van der Waals surface area (Å²) in [7, 11) is 0. The maximum Gasteiger partial charge on any atom is 0.321 e. The van der Waals surface area contributed by atoms with E-state index in [0.29, 0.717) is 19.4 Å². The molecule has 108 valence electrons. The summed E-state index contributed by atoms with van der Waals surface area (Å²) in [6.45, 7) is 0.656. The SMILES string of the molecule is O=C(O)[C@H]1CCCN(C(=O)Nc2ccc(Cl)c(F)c2)C1. The fourth-order valence-electron chi connectivity index (χ4n) is 2.14. The van der Waals surface area contributed by atoms with Crippen molar-refractivity contribution in [2.45, 2.75) is 12.8 Å². The number of carbonyl (C=O) groups is 2. The molecule has 0 aromatic heterocycles. The van der Waals surface area contributed by atoms with Crippen LogP contribution in [0.5, 0.6) is 0 Å². The number of amides is 2. The molecular weight excluding hydrogens is 287 g/mol. The van der Waals surface area contributed by atoms with Crippen LogP contribution in [0, 0.1) is 11.7 Å². The Kier molecular flexibility index (Phi) is 4.44. The fourth-order valence-corrected chi connectivity index (χ4v) is 2.26. The Morgan fingerprint density at radius 2 is 2.20 bits per heavy atom. The van der Waals surface area contributed by atoms with E-state index in [0.717, 1.165) is 6.07 Å². The Morgan fingerprint density at radius 1 is 1.45 bits per heavy atom. The molecule has 2 amide bonds. The van der Waals surface area contributed by atoms with Crippen LogP contribution in [0.4, 0.5) is 14.9 Å². The number of anilines is 1. The van der Waals surface area contributed by atoms with Crippen LogP contribution in [0.3, 0.4) is 0 Å². The molecule has 1 aliphatic heterocycles. The fraction of sp³-hybridized carbons (Fsp3) is 0.385. The maximum atomic E-state index is 13.3. The van der Waals surface area contributed by atoms with E-state index >= 15 is 0 Å². The van der Waals surface area contributed by atoms with Gasteiger partial charge >= 0.3 is 12.0 Å². The normalized spacial score (nSPS) is 18.7. The highest BCUT2D eigenvalue weighted by Crippen LogP contribution is 2.21. The van der Waals surface area contributed by atoms with Gasteiger partial charge < -0.3 is 15.3 Å². The number of hydrogen-bond acceptors (Lipinski definition) is 2. The van der Waals surface area contributed by atoms with Gasteiger partial charge in [-0.3, -0.25) is 4.79 Å². The van der Waals surface area contributed by atoms with Gasteiger partial charge in [0.2, 0.25) is 0 Å². The van der Waals surface area contributed by atoms with Gasteiger partial charge in [0, 0.05) is 18.8 Å². The lowest BCUT2D eigenvalue weighted by Crippen LogP contribution is -2.44. The lowest BCUT2D eigenvalue weighted by Gasteiger charge is -2.30. The minimum atomic E-state index is -0.903. The Morgan fingerprint density at radius 3 is 2.85 bits per heavy atom. The first kappa shape index (κ1) is 14.6. The number of carboxylic acids is 1. The Balaban J connectivity index is 2.00. The van der Waals surface area contributed by atoms with Gasteiger partial charge in [-0.1, -0.05) is 11.6 Å². The van der Waals surface area contributed by atoms with Gasteiger partial charge in [-0.15, -0.1) is 0 Å². The van der Waals surface area contributed by atoms with E-state index in [-0.39, 0.29) is 17.3 Å². The van der Waals surface area contributed by atoms with Crippen LogP contribution in [0.25, 0.3) is 0 Å². The molecule has 7 heteroatoms. The number of likely N-dealkylation sites (tertiary alicyclic amines) is 1. The van der Waals surface area contributed by atoms with Gasteiger partial charge in [0.25, 0.3) is 0 Å². The standard InChI is InChI=1S/C13H14ClFN2O3/c14-10-4-3-9(6-11(10)15)16-13(20)17-5-1-2-8(7-17)12(18)19/h3-4,6,8H,1-2,5,7H2,(H,16,20)(H,18,19)/t8-/m0/s1. The van der Waals surface area contributed by atoms with E-state index in [2.05, 4.69) is 5.32 Å². The van der Waals surface area contributed by atoms with Crippen molar-refractivity contribution in [1.82, 2.24) is 4.90 Å². The van der Waals surface area contributed by atoms with E-state index in [9.17, 15) is 14.0 Å². The molecule has 1 aromatic rings. The molecular formula is C13H14ClFN2O3. The molecule has 1 aliphatic rings. The number of nitrogens with one attached hydrogen (secondary N) is 1. The van der Waals surface area contributed by atoms with Crippen LogP contribution < -0.4 is 5.32 Å². The Labute approximate surface area is 120 Å².